The fourth-order valence-electron chi connectivity index (χ4n) is 1.99. The SMILES string of the molecule is COc1ccc(-c2cc(CNC(C)CC(F)(F)F)on2)cc1. The Morgan fingerprint density at radius 3 is 2.55 bits per heavy atom. The summed E-state index contributed by atoms with van der Waals surface area (Å²) >= 11 is 0. The number of alkyl halides is 3. The van der Waals surface area contributed by atoms with E-state index in [0.29, 0.717) is 11.5 Å². The Kier molecular flexibility index (Phi) is 5.07. The Morgan fingerprint density at radius 2 is 1.95 bits per heavy atom. The van der Waals surface area contributed by atoms with Gasteiger partial charge < -0.3 is 14.6 Å². The molecule has 0 bridgehead atoms. The van der Waals surface area contributed by atoms with Crippen LogP contribution in [0.5, 0.6) is 5.75 Å². The monoisotopic (exact) mass is 314 g/mol. The molecule has 1 atom stereocenters. The molecule has 4 nitrogen and oxygen atoms in total. The molecule has 1 unspecified atom stereocenters. The summed E-state index contributed by atoms with van der Waals surface area (Å²) in [5.74, 6) is 1.22. The number of rotatable bonds is 6. The lowest BCUT2D eigenvalue weighted by molar-refractivity contribution is -0.139. The second kappa shape index (κ2) is 6.83. The van der Waals surface area contributed by atoms with Gasteiger partial charge in [0.05, 0.1) is 20.1 Å². The summed E-state index contributed by atoms with van der Waals surface area (Å²) in [5.41, 5.74) is 1.47. The lowest BCUT2D eigenvalue weighted by Crippen LogP contribution is -2.30. The lowest BCUT2D eigenvalue weighted by Gasteiger charge is -2.14. The standard InChI is InChI=1S/C15H17F3N2O2/c1-10(8-15(16,17)18)19-9-13-7-14(20-22-13)11-3-5-12(21-2)6-4-11/h3-7,10,19H,8-9H2,1-2H3. The van der Waals surface area contributed by atoms with E-state index in [0.717, 1.165) is 11.3 Å². The molecule has 0 fully saturated rings. The van der Waals surface area contributed by atoms with Gasteiger partial charge in [0.2, 0.25) is 0 Å². The van der Waals surface area contributed by atoms with Gasteiger partial charge in [0.25, 0.3) is 0 Å². The van der Waals surface area contributed by atoms with Crippen LogP contribution in [0.15, 0.2) is 34.9 Å². The van der Waals surface area contributed by atoms with Crippen LogP contribution in [0.25, 0.3) is 11.3 Å². The minimum Gasteiger partial charge on any atom is -0.497 e. The van der Waals surface area contributed by atoms with Gasteiger partial charge in [-0.15, -0.1) is 0 Å². The number of halogens is 3. The van der Waals surface area contributed by atoms with Crippen LogP contribution in [0, 0.1) is 0 Å². The Morgan fingerprint density at radius 1 is 1.27 bits per heavy atom. The van der Waals surface area contributed by atoms with E-state index >= 15 is 0 Å². The normalized spacial score (nSPS) is 13.1. The number of methoxy groups -OCH3 is 1. The zero-order valence-corrected chi connectivity index (χ0v) is 12.3. The van der Waals surface area contributed by atoms with Gasteiger partial charge in [-0.05, 0) is 31.2 Å². The molecule has 1 heterocycles. The molecule has 2 rings (SSSR count). The van der Waals surface area contributed by atoms with E-state index in [1.165, 1.54) is 6.92 Å². The molecule has 0 aliphatic rings. The number of nitrogens with one attached hydrogen (secondary N) is 1. The van der Waals surface area contributed by atoms with E-state index in [1.807, 2.05) is 12.1 Å². The number of hydrogen-bond acceptors (Lipinski definition) is 4. The van der Waals surface area contributed by atoms with E-state index in [-0.39, 0.29) is 6.54 Å². The molecule has 0 saturated heterocycles. The Balaban J connectivity index is 1.93. The van der Waals surface area contributed by atoms with Crippen molar-refractivity contribution in [3.63, 3.8) is 0 Å². The predicted molar refractivity (Wildman–Crippen MR) is 75.5 cm³/mol. The maximum atomic E-state index is 12.2. The first-order valence-electron chi connectivity index (χ1n) is 6.77. The minimum atomic E-state index is -4.18. The van der Waals surface area contributed by atoms with Crippen LogP contribution >= 0.6 is 0 Å². The van der Waals surface area contributed by atoms with E-state index in [1.54, 1.807) is 25.3 Å². The van der Waals surface area contributed by atoms with Crippen molar-refractivity contribution in [2.45, 2.75) is 32.1 Å². The predicted octanol–water partition coefficient (Wildman–Crippen LogP) is 3.78. The zero-order chi connectivity index (χ0) is 16.2. The van der Waals surface area contributed by atoms with Gasteiger partial charge in [-0.25, -0.2) is 0 Å². The molecule has 120 valence electrons. The molecule has 0 aliphatic heterocycles. The zero-order valence-electron chi connectivity index (χ0n) is 12.3. The van der Waals surface area contributed by atoms with Crippen LogP contribution in [0.3, 0.4) is 0 Å². The highest BCUT2D eigenvalue weighted by atomic mass is 19.4. The van der Waals surface area contributed by atoms with Crippen molar-refractivity contribution in [3.8, 4) is 17.0 Å². The van der Waals surface area contributed by atoms with Gasteiger partial charge in [0, 0.05) is 17.7 Å². The molecule has 0 spiro atoms. The molecular weight excluding hydrogens is 297 g/mol. The van der Waals surface area contributed by atoms with Crippen molar-refractivity contribution in [1.29, 1.82) is 0 Å². The molecule has 0 amide bonds. The largest absolute Gasteiger partial charge is 0.497 e. The smallest absolute Gasteiger partial charge is 0.390 e. The van der Waals surface area contributed by atoms with Crippen LogP contribution in [0.1, 0.15) is 19.1 Å². The Labute approximate surface area is 126 Å². The summed E-state index contributed by atoms with van der Waals surface area (Å²) in [4.78, 5) is 0. The first-order valence-corrected chi connectivity index (χ1v) is 6.77. The van der Waals surface area contributed by atoms with Crippen molar-refractivity contribution in [2.24, 2.45) is 0 Å². The molecular formula is C15H17F3N2O2. The van der Waals surface area contributed by atoms with Crippen LogP contribution < -0.4 is 10.1 Å². The summed E-state index contributed by atoms with van der Waals surface area (Å²) in [5, 5.41) is 6.68. The Hall–Kier alpha value is -2.02. The fraction of sp³-hybridized carbons (Fsp3) is 0.400. The van der Waals surface area contributed by atoms with Gasteiger partial charge in [-0.1, -0.05) is 5.16 Å². The molecule has 7 heteroatoms. The molecule has 1 N–H and O–H groups in total. The summed E-state index contributed by atoms with van der Waals surface area (Å²) in [7, 11) is 1.58. The molecule has 1 aromatic carbocycles. The van der Waals surface area contributed by atoms with E-state index < -0.39 is 18.6 Å². The van der Waals surface area contributed by atoms with E-state index in [2.05, 4.69) is 10.5 Å². The van der Waals surface area contributed by atoms with Crippen molar-refractivity contribution in [1.82, 2.24) is 10.5 Å². The van der Waals surface area contributed by atoms with Crippen molar-refractivity contribution in [3.05, 3.63) is 36.1 Å². The van der Waals surface area contributed by atoms with Gasteiger partial charge >= 0.3 is 6.18 Å². The van der Waals surface area contributed by atoms with Crippen LogP contribution in [0.2, 0.25) is 0 Å². The number of ether oxygens (including phenoxy) is 1. The van der Waals surface area contributed by atoms with Gasteiger partial charge in [-0.2, -0.15) is 13.2 Å². The summed E-state index contributed by atoms with van der Waals surface area (Å²) in [6, 6.07) is 8.28. The maximum Gasteiger partial charge on any atom is 0.390 e. The maximum absolute atomic E-state index is 12.2. The minimum absolute atomic E-state index is 0.195. The molecule has 2 aromatic rings. The summed E-state index contributed by atoms with van der Waals surface area (Å²) < 4.78 is 46.9. The highest BCUT2D eigenvalue weighted by Gasteiger charge is 2.29. The topological polar surface area (TPSA) is 47.3 Å². The van der Waals surface area contributed by atoms with Gasteiger partial charge in [0.1, 0.15) is 11.4 Å². The quantitative estimate of drug-likeness (QED) is 0.881. The summed E-state index contributed by atoms with van der Waals surface area (Å²) in [6.45, 7) is 1.68. The van der Waals surface area contributed by atoms with Crippen molar-refractivity contribution in [2.75, 3.05) is 7.11 Å². The fourth-order valence-corrected chi connectivity index (χ4v) is 1.99. The van der Waals surface area contributed by atoms with Crippen molar-refractivity contribution >= 4 is 0 Å². The van der Waals surface area contributed by atoms with Gasteiger partial charge in [-0.3, -0.25) is 0 Å². The van der Waals surface area contributed by atoms with Crippen LogP contribution in [-0.4, -0.2) is 24.5 Å². The van der Waals surface area contributed by atoms with E-state index in [9.17, 15) is 13.2 Å². The van der Waals surface area contributed by atoms with Gasteiger partial charge in [0.15, 0.2) is 5.76 Å². The molecule has 0 aliphatic carbocycles. The van der Waals surface area contributed by atoms with E-state index in [4.69, 9.17) is 9.26 Å². The van der Waals surface area contributed by atoms with Crippen molar-refractivity contribution < 1.29 is 22.4 Å². The lowest BCUT2D eigenvalue weighted by atomic mass is 10.1. The number of hydrogen-bond donors (Lipinski definition) is 1. The molecule has 22 heavy (non-hydrogen) atoms. The second-order valence-corrected chi connectivity index (χ2v) is 5.01. The number of nitrogens with zero attached hydrogens (tertiary/aromatic N) is 1. The highest BCUT2D eigenvalue weighted by molar-refractivity contribution is 5.59. The van der Waals surface area contributed by atoms with Crippen LogP contribution in [-0.2, 0) is 6.54 Å². The third-order valence-corrected chi connectivity index (χ3v) is 3.11. The highest BCUT2D eigenvalue weighted by Crippen LogP contribution is 2.23. The second-order valence-electron chi connectivity index (χ2n) is 5.01. The number of aromatic nitrogens is 1. The molecule has 1 aromatic heterocycles. The molecule has 0 saturated carbocycles. The molecule has 0 radical (unpaired) electrons. The summed E-state index contributed by atoms with van der Waals surface area (Å²) in [6.07, 6.45) is -5.06. The first kappa shape index (κ1) is 16.4. The third-order valence-electron chi connectivity index (χ3n) is 3.11. The Bertz CT molecular complexity index is 594. The average Bonchev–Trinajstić information content (AvgIpc) is 2.92. The first-order chi connectivity index (χ1) is 10.4. The van der Waals surface area contributed by atoms with Crippen LogP contribution in [0.4, 0.5) is 13.2 Å². The third kappa shape index (κ3) is 4.77. The number of benzene rings is 1. The average molecular weight is 314 g/mol.